The Balaban J connectivity index is 1.70. The summed E-state index contributed by atoms with van der Waals surface area (Å²) in [5.74, 6) is 7.20. The van der Waals surface area contributed by atoms with Crippen LogP contribution in [0.3, 0.4) is 0 Å². The molecular weight excluding hydrogens is 359 g/mol. The molecule has 0 bridgehead atoms. The van der Waals surface area contributed by atoms with E-state index in [-0.39, 0.29) is 0 Å². The minimum Gasteiger partial charge on any atom is -0.497 e. The second-order valence-corrected chi connectivity index (χ2v) is 8.36. The van der Waals surface area contributed by atoms with Crippen LogP contribution in [0.1, 0.15) is 38.8 Å². The van der Waals surface area contributed by atoms with E-state index in [9.17, 15) is 0 Å². The first-order valence-electron chi connectivity index (χ1n) is 9.83. The van der Waals surface area contributed by atoms with Crippen molar-refractivity contribution in [2.24, 2.45) is 0 Å². The average molecular weight is 384 g/mol. The van der Waals surface area contributed by atoms with Crippen molar-refractivity contribution in [3.8, 4) is 17.6 Å². The molecule has 29 heavy (non-hydrogen) atoms. The standard InChI is InChI=1S/C25H25BO3/c1-24(2)25(3,4)29-26(28-24)22-16-20-14-13-19(15-21(20)17-23(22)27-5)12-11-18-9-7-6-8-10-18/h6-10,13-17H,1-5H3. The van der Waals surface area contributed by atoms with Crippen molar-refractivity contribution in [2.45, 2.75) is 38.9 Å². The minimum absolute atomic E-state index is 0.394. The average Bonchev–Trinajstić information content (AvgIpc) is 2.93. The number of benzene rings is 3. The van der Waals surface area contributed by atoms with E-state index >= 15 is 0 Å². The third-order valence-corrected chi connectivity index (χ3v) is 5.82. The monoisotopic (exact) mass is 384 g/mol. The zero-order valence-electron chi connectivity index (χ0n) is 17.6. The van der Waals surface area contributed by atoms with Gasteiger partial charge in [-0.25, -0.2) is 0 Å². The molecule has 1 saturated heterocycles. The predicted octanol–water partition coefficient (Wildman–Crippen LogP) is 4.55. The Bertz CT molecular complexity index is 1090. The molecule has 4 heteroatoms. The van der Waals surface area contributed by atoms with E-state index in [2.05, 4.69) is 57.7 Å². The summed E-state index contributed by atoms with van der Waals surface area (Å²) in [4.78, 5) is 0. The molecule has 1 heterocycles. The van der Waals surface area contributed by atoms with Gasteiger partial charge in [0.1, 0.15) is 5.75 Å². The van der Waals surface area contributed by atoms with Crippen LogP contribution in [0.5, 0.6) is 5.75 Å². The summed E-state index contributed by atoms with van der Waals surface area (Å²) in [6, 6.07) is 20.3. The van der Waals surface area contributed by atoms with Crippen molar-refractivity contribution in [2.75, 3.05) is 7.11 Å². The van der Waals surface area contributed by atoms with Gasteiger partial charge in [-0.05, 0) is 68.8 Å². The molecule has 3 nitrogen and oxygen atoms in total. The fourth-order valence-electron chi connectivity index (χ4n) is 3.37. The largest absolute Gasteiger partial charge is 0.498 e. The fourth-order valence-corrected chi connectivity index (χ4v) is 3.37. The highest BCUT2D eigenvalue weighted by Gasteiger charge is 2.52. The van der Waals surface area contributed by atoms with Crippen molar-refractivity contribution in [3.05, 3.63) is 71.8 Å². The van der Waals surface area contributed by atoms with E-state index in [1.54, 1.807) is 7.11 Å². The van der Waals surface area contributed by atoms with Crippen molar-refractivity contribution >= 4 is 23.4 Å². The Morgan fingerprint density at radius 1 is 0.759 bits per heavy atom. The van der Waals surface area contributed by atoms with Crippen molar-refractivity contribution in [3.63, 3.8) is 0 Å². The highest BCUT2D eigenvalue weighted by molar-refractivity contribution is 6.63. The summed E-state index contributed by atoms with van der Waals surface area (Å²) in [7, 11) is 1.21. The van der Waals surface area contributed by atoms with Crippen molar-refractivity contribution < 1.29 is 14.0 Å². The Kier molecular flexibility index (Phi) is 4.90. The second kappa shape index (κ2) is 7.26. The first-order valence-corrected chi connectivity index (χ1v) is 9.83. The number of hydrogen-bond donors (Lipinski definition) is 0. The maximum absolute atomic E-state index is 6.23. The molecule has 0 saturated carbocycles. The van der Waals surface area contributed by atoms with Crippen LogP contribution in [0.15, 0.2) is 60.7 Å². The summed E-state index contributed by atoms with van der Waals surface area (Å²) < 4.78 is 18.1. The highest BCUT2D eigenvalue weighted by atomic mass is 16.7. The predicted molar refractivity (Wildman–Crippen MR) is 119 cm³/mol. The maximum atomic E-state index is 6.23. The van der Waals surface area contributed by atoms with E-state index in [0.717, 1.165) is 33.1 Å². The SMILES string of the molecule is COc1cc2cc(C#Cc3ccccc3)ccc2cc1B1OC(C)(C)C(C)(C)O1. The molecule has 0 radical (unpaired) electrons. The lowest BCUT2D eigenvalue weighted by Gasteiger charge is -2.32. The van der Waals surface area contributed by atoms with Crippen LogP contribution < -0.4 is 10.2 Å². The van der Waals surface area contributed by atoms with Crippen molar-refractivity contribution in [1.29, 1.82) is 0 Å². The Hall–Kier alpha value is -2.74. The fraction of sp³-hybridized carbons (Fsp3) is 0.280. The zero-order valence-corrected chi connectivity index (χ0v) is 17.6. The lowest BCUT2D eigenvalue weighted by atomic mass is 9.77. The van der Waals surface area contributed by atoms with Crippen molar-refractivity contribution in [1.82, 2.24) is 0 Å². The summed E-state index contributed by atoms with van der Waals surface area (Å²) in [5.41, 5.74) is 2.08. The van der Waals surface area contributed by atoms with Gasteiger partial charge >= 0.3 is 7.12 Å². The third-order valence-electron chi connectivity index (χ3n) is 5.82. The van der Waals surface area contributed by atoms with E-state index in [1.165, 1.54) is 0 Å². The molecule has 0 spiro atoms. The Labute approximate surface area is 173 Å². The van der Waals surface area contributed by atoms with Gasteiger partial charge in [-0.2, -0.15) is 0 Å². The number of fused-ring (bicyclic) bond motifs is 1. The van der Waals surface area contributed by atoms with Crippen LogP contribution in [0.4, 0.5) is 0 Å². The molecule has 1 aliphatic heterocycles. The van der Waals surface area contributed by atoms with E-state index in [1.807, 2.05) is 42.5 Å². The quantitative estimate of drug-likeness (QED) is 0.479. The van der Waals surface area contributed by atoms with Gasteiger partial charge in [-0.15, -0.1) is 0 Å². The first kappa shape index (κ1) is 19.6. The zero-order chi connectivity index (χ0) is 20.6. The highest BCUT2D eigenvalue weighted by Crippen LogP contribution is 2.37. The molecule has 1 fully saturated rings. The Morgan fingerprint density at radius 2 is 1.41 bits per heavy atom. The van der Waals surface area contributed by atoms with Crippen LogP contribution >= 0.6 is 0 Å². The molecule has 0 aliphatic carbocycles. The molecule has 1 aliphatic rings. The van der Waals surface area contributed by atoms with Gasteiger partial charge in [0.25, 0.3) is 0 Å². The first-order chi connectivity index (χ1) is 13.8. The minimum atomic E-state index is -0.461. The topological polar surface area (TPSA) is 27.7 Å². The van der Waals surface area contributed by atoms with Gasteiger partial charge in [0.15, 0.2) is 0 Å². The molecular formula is C25H25BO3. The van der Waals surface area contributed by atoms with Gasteiger partial charge in [-0.1, -0.05) is 42.2 Å². The van der Waals surface area contributed by atoms with E-state index < -0.39 is 18.3 Å². The second-order valence-electron chi connectivity index (χ2n) is 8.36. The smallest absolute Gasteiger partial charge is 0.497 e. The summed E-state index contributed by atoms with van der Waals surface area (Å²) in [5, 5.41) is 2.17. The van der Waals surface area contributed by atoms with Gasteiger partial charge in [-0.3, -0.25) is 0 Å². The summed E-state index contributed by atoms with van der Waals surface area (Å²) in [6.45, 7) is 8.22. The molecule has 4 rings (SSSR count). The summed E-state index contributed by atoms with van der Waals surface area (Å²) in [6.07, 6.45) is 0. The summed E-state index contributed by atoms with van der Waals surface area (Å²) >= 11 is 0. The van der Waals surface area contributed by atoms with Gasteiger partial charge in [0.2, 0.25) is 0 Å². The normalized spacial score (nSPS) is 17.1. The molecule has 0 N–H and O–H groups in total. The molecule has 0 atom stereocenters. The molecule has 3 aromatic carbocycles. The number of ether oxygens (including phenoxy) is 1. The van der Waals surface area contributed by atoms with Crippen LogP contribution in [-0.4, -0.2) is 25.4 Å². The Morgan fingerprint density at radius 3 is 2.07 bits per heavy atom. The maximum Gasteiger partial charge on any atom is 0.498 e. The number of rotatable bonds is 2. The lowest BCUT2D eigenvalue weighted by molar-refractivity contribution is 0.00578. The van der Waals surface area contributed by atoms with Gasteiger partial charge < -0.3 is 14.0 Å². The van der Waals surface area contributed by atoms with Crippen LogP contribution in [0, 0.1) is 11.8 Å². The van der Waals surface area contributed by atoms with Crippen LogP contribution in [-0.2, 0) is 9.31 Å². The number of hydrogen-bond acceptors (Lipinski definition) is 3. The third kappa shape index (κ3) is 3.77. The molecule has 3 aromatic rings. The molecule has 0 amide bonds. The lowest BCUT2D eigenvalue weighted by Crippen LogP contribution is -2.41. The number of methoxy groups -OCH3 is 1. The molecule has 0 aromatic heterocycles. The van der Waals surface area contributed by atoms with Crippen LogP contribution in [0.2, 0.25) is 0 Å². The molecule has 0 unspecified atom stereocenters. The van der Waals surface area contributed by atoms with Crippen LogP contribution in [0.25, 0.3) is 10.8 Å². The van der Waals surface area contributed by atoms with Gasteiger partial charge in [0.05, 0.1) is 18.3 Å². The van der Waals surface area contributed by atoms with E-state index in [0.29, 0.717) is 0 Å². The van der Waals surface area contributed by atoms with Gasteiger partial charge in [0, 0.05) is 16.6 Å². The van der Waals surface area contributed by atoms with E-state index in [4.69, 9.17) is 14.0 Å². The molecule has 146 valence electrons.